The molecule has 0 bridgehead atoms. The molecule has 0 aliphatic carbocycles. The Bertz CT molecular complexity index is 533. The number of carboxylic acids is 1. The first-order valence-corrected chi connectivity index (χ1v) is 7.51. The molecule has 1 heterocycles. The molecule has 1 aromatic rings. The van der Waals surface area contributed by atoms with Gasteiger partial charge in [-0.3, -0.25) is 4.79 Å². The molecule has 1 fully saturated rings. The van der Waals surface area contributed by atoms with Crippen LogP contribution >= 0.6 is 15.9 Å². The van der Waals surface area contributed by atoms with E-state index in [1.165, 1.54) is 17.0 Å². The molecule has 1 aliphatic rings. The van der Waals surface area contributed by atoms with Crippen LogP contribution in [0.4, 0.5) is 14.9 Å². The number of amides is 2. The second-order valence-corrected chi connectivity index (χ2v) is 5.82. The molecule has 0 spiro atoms. The summed E-state index contributed by atoms with van der Waals surface area (Å²) in [7, 11) is 0. The molecular formula is C14H16BrFN2O3. The van der Waals surface area contributed by atoms with Crippen LogP contribution in [0.15, 0.2) is 22.7 Å². The third-order valence-electron chi connectivity index (χ3n) is 3.49. The monoisotopic (exact) mass is 358 g/mol. The zero-order valence-electron chi connectivity index (χ0n) is 11.3. The minimum atomic E-state index is -0.938. The summed E-state index contributed by atoms with van der Waals surface area (Å²) in [5.74, 6) is -1.48. The Morgan fingerprint density at radius 2 is 2.19 bits per heavy atom. The quantitative estimate of drug-likeness (QED) is 0.869. The number of carbonyl (C=O) groups is 2. The average molecular weight is 359 g/mol. The van der Waals surface area contributed by atoms with Crippen LogP contribution in [0.2, 0.25) is 0 Å². The van der Waals surface area contributed by atoms with E-state index in [0.29, 0.717) is 17.4 Å². The number of hydrogen-bond donors (Lipinski definition) is 2. The molecule has 114 valence electrons. The third kappa shape index (κ3) is 3.93. The van der Waals surface area contributed by atoms with Gasteiger partial charge in [0.15, 0.2) is 0 Å². The summed E-state index contributed by atoms with van der Waals surface area (Å²) < 4.78 is 14.2. The molecule has 1 saturated heterocycles. The number of urea groups is 1. The van der Waals surface area contributed by atoms with E-state index < -0.39 is 17.8 Å². The predicted octanol–water partition coefficient (Wildman–Crippen LogP) is 3.45. The SMILES string of the molecule is O=C(O)CC1CCCCN1C(=O)Nc1c(F)cccc1Br. The van der Waals surface area contributed by atoms with Crippen LogP contribution in [0.25, 0.3) is 0 Å². The van der Waals surface area contributed by atoms with Crippen LogP contribution in [0.1, 0.15) is 25.7 Å². The van der Waals surface area contributed by atoms with Crippen molar-refractivity contribution in [1.82, 2.24) is 4.90 Å². The van der Waals surface area contributed by atoms with E-state index in [4.69, 9.17) is 5.11 Å². The molecule has 1 unspecified atom stereocenters. The highest BCUT2D eigenvalue weighted by Crippen LogP contribution is 2.27. The fraction of sp³-hybridized carbons (Fsp3) is 0.429. The van der Waals surface area contributed by atoms with Gasteiger partial charge in [0.1, 0.15) is 5.82 Å². The maximum atomic E-state index is 13.7. The molecule has 7 heteroatoms. The Morgan fingerprint density at radius 1 is 1.43 bits per heavy atom. The van der Waals surface area contributed by atoms with Crippen LogP contribution < -0.4 is 5.32 Å². The lowest BCUT2D eigenvalue weighted by molar-refractivity contribution is -0.138. The van der Waals surface area contributed by atoms with Crippen LogP contribution in [0.3, 0.4) is 0 Å². The van der Waals surface area contributed by atoms with Gasteiger partial charge in [-0.15, -0.1) is 0 Å². The first-order valence-electron chi connectivity index (χ1n) is 6.72. The Balaban J connectivity index is 2.12. The molecule has 21 heavy (non-hydrogen) atoms. The van der Waals surface area contributed by atoms with Gasteiger partial charge in [0.2, 0.25) is 0 Å². The summed E-state index contributed by atoms with van der Waals surface area (Å²) >= 11 is 3.19. The van der Waals surface area contributed by atoms with Crippen LogP contribution in [0.5, 0.6) is 0 Å². The van der Waals surface area contributed by atoms with Crippen molar-refractivity contribution in [2.45, 2.75) is 31.7 Å². The fourth-order valence-electron chi connectivity index (χ4n) is 2.48. The molecule has 1 aliphatic heterocycles. The summed E-state index contributed by atoms with van der Waals surface area (Å²) in [6.07, 6.45) is 2.27. The minimum absolute atomic E-state index is 0.0714. The van der Waals surface area contributed by atoms with Crippen molar-refractivity contribution in [3.05, 3.63) is 28.5 Å². The summed E-state index contributed by atoms with van der Waals surface area (Å²) in [5, 5.41) is 11.4. The van der Waals surface area contributed by atoms with E-state index >= 15 is 0 Å². The Labute approximate surface area is 130 Å². The molecule has 0 saturated carbocycles. The molecule has 1 aromatic carbocycles. The third-order valence-corrected chi connectivity index (χ3v) is 4.15. The number of piperidine rings is 1. The topological polar surface area (TPSA) is 69.6 Å². The molecule has 5 nitrogen and oxygen atoms in total. The smallest absolute Gasteiger partial charge is 0.322 e. The van der Waals surface area contributed by atoms with Crippen LogP contribution in [0, 0.1) is 5.82 Å². The summed E-state index contributed by atoms with van der Waals surface area (Å²) in [6, 6.07) is 3.60. The van der Waals surface area contributed by atoms with Gasteiger partial charge in [-0.25, -0.2) is 9.18 Å². The number of halogens is 2. The highest BCUT2D eigenvalue weighted by molar-refractivity contribution is 9.10. The van der Waals surface area contributed by atoms with E-state index in [2.05, 4.69) is 21.2 Å². The predicted molar refractivity (Wildman–Crippen MR) is 79.7 cm³/mol. The van der Waals surface area contributed by atoms with Crippen molar-refractivity contribution in [1.29, 1.82) is 0 Å². The standard InChI is InChI=1S/C14H16BrFN2O3/c15-10-5-3-6-11(16)13(10)17-14(21)18-7-2-1-4-9(18)8-12(19)20/h3,5-6,9H,1-2,4,7-8H2,(H,17,21)(H,19,20). The van der Waals surface area contributed by atoms with Gasteiger partial charge in [0.05, 0.1) is 12.1 Å². The van der Waals surface area contributed by atoms with Gasteiger partial charge >= 0.3 is 12.0 Å². The zero-order valence-corrected chi connectivity index (χ0v) is 12.9. The first kappa shape index (κ1) is 15.8. The maximum Gasteiger partial charge on any atom is 0.322 e. The highest BCUT2D eigenvalue weighted by Gasteiger charge is 2.29. The highest BCUT2D eigenvalue weighted by atomic mass is 79.9. The molecule has 0 aromatic heterocycles. The maximum absolute atomic E-state index is 13.7. The number of aliphatic carboxylic acids is 1. The van der Waals surface area contributed by atoms with Crippen molar-refractivity contribution in [2.75, 3.05) is 11.9 Å². The molecule has 1 atom stereocenters. The van der Waals surface area contributed by atoms with Gasteiger partial charge in [-0.2, -0.15) is 0 Å². The number of benzene rings is 1. The number of carbonyl (C=O) groups excluding carboxylic acids is 1. The fourth-order valence-corrected chi connectivity index (χ4v) is 2.92. The van der Waals surface area contributed by atoms with Gasteiger partial charge in [-0.1, -0.05) is 6.07 Å². The average Bonchev–Trinajstić information content (AvgIpc) is 2.43. The second kappa shape index (κ2) is 6.89. The number of nitrogens with one attached hydrogen (secondary N) is 1. The molecule has 2 rings (SSSR count). The van der Waals surface area contributed by atoms with Gasteiger partial charge in [-0.05, 0) is 47.3 Å². The van der Waals surface area contributed by atoms with E-state index in [-0.39, 0.29) is 18.2 Å². The van der Waals surface area contributed by atoms with Crippen molar-refractivity contribution >= 4 is 33.6 Å². The Kier molecular flexibility index (Phi) is 5.17. The zero-order chi connectivity index (χ0) is 15.4. The lowest BCUT2D eigenvalue weighted by Crippen LogP contribution is -2.46. The molecule has 0 radical (unpaired) electrons. The second-order valence-electron chi connectivity index (χ2n) is 4.97. The number of anilines is 1. The lowest BCUT2D eigenvalue weighted by atomic mass is 10.00. The van der Waals surface area contributed by atoms with Crippen molar-refractivity contribution in [2.24, 2.45) is 0 Å². The van der Waals surface area contributed by atoms with Gasteiger partial charge in [0, 0.05) is 17.1 Å². The summed E-state index contributed by atoms with van der Waals surface area (Å²) in [5.41, 5.74) is 0.0714. The number of rotatable bonds is 3. The normalized spacial score (nSPS) is 18.4. The first-order chi connectivity index (χ1) is 9.99. The van der Waals surface area contributed by atoms with Gasteiger partial charge < -0.3 is 15.3 Å². The van der Waals surface area contributed by atoms with Crippen molar-refractivity contribution in [3.63, 3.8) is 0 Å². The number of nitrogens with zero attached hydrogens (tertiary/aromatic N) is 1. The largest absolute Gasteiger partial charge is 0.481 e. The summed E-state index contributed by atoms with van der Waals surface area (Å²) in [6.45, 7) is 0.482. The van der Waals surface area contributed by atoms with Gasteiger partial charge in [0.25, 0.3) is 0 Å². The van der Waals surface area contributed by atoms with E-state index in [1.807, 2.05) is 0 Å². The lowest BCUT2D eigenvalue weighted by Gasteiger charge is -2.35. The van der Waals surface area contributed by atoms with Crippen molar-refractivity contribution in [3.8, 4) is 0 Å². The minimum Gasteiger partial charge on any atom is -0.481 e. The Morgan fingerprint density at radius 3 is 2.86 bits per heavy atom. The van der Waals surface area contributed by atoms with E-state index in [1.54, 1.807) is 6.07 Å². The molecule has 2 amide bonds. The van der Waals surface area contributed by atoms with Crippen LogP contribution in [-0.2, 0) is 4.79 Å². The number of carboxylic acid groups (broad SMARTS) is 1. The Hall–Kier alpha value is -1.63. The molecular weight excluding hydrogens is 343 g/mol. The van der Waals surface area contributed by atoms with Crippen LogP contribution in [-0.4, -0.2) is 34.6 Å². The van der Waals surface area contributed by atoms with Crippen molar-refractivity contribution < 1.29 is 19.1 Å². The molecule has 2 N–H and O–H groups in total. The van der Waals surface area contributed by atoms with E-state index in [9.17, 15) is 14.0 Å². The number of para-hydroxylation sites is 1. The summed E-state index contributed by atoms with van der Waals surface area (Å²) in [4.78, 5) is 24.7. The van der Waals surface area contributed by atoms with E-state index in [0.717, 1.165) is 12.8 Å². The number of hydrogen-bond acceptors (Lipinski definition) is 2. The number of likely N-dealkylation sites (tertiary alicyclic amines) is 1.